The van der Waals surface area contributed by atoms with Gasteiger partial charge >= 0.3 is 0 Å². The Morgan fingerprint density at radius 3 is 2.58 bits per heavy atom. The minimum Gasteiger partial charge on any atom is -0.508 e. The Kier molecular flexibility index (Phi) is 2.65. The van der Waals surface area contributed by atoms with E-state index in [2.05, 4.69) is 23.0 Å². The summed E-state index contributed by atoms with van der Waals surface area (Å²) < 4.78 is 0. The summed E-state index contributed by atoms with van der Waals surface area (Å²) in [7, 11) is 0. The third-order valence-electron chi connectivity index (χ3n) is 1.73. The van der Waals surface area contributed by atoms with Crippen LogP contribution in [0, 0.1) is 13.8 Å². The Morgan fingerprint density at radius 1 is 1.33 bits per heavy atom. The molecule has 0 fully saturated rings. The summed E-state index contributed by atoms with van der Waals surface area (Å²) in [5, 5.41) is 12.1. The van der Waals surface area contributed by atoms with Gasteiger partial charge in [-0.25, -0.2) is 0 Å². The zero-order valence-corrected chi connectivity index (χ0v) is 7.83. The molecule has 0 aliphatic rings. The standard InChI is InChI=1S/C9H10NOS/c1-6-4-9(11)7(2)3-8(6)10-5-12/h3-4,11H,1-2H3,(H,10,12). The molecule has 1 aromatic rings. The molecule has 1 aromatic carbocycles. The normalized spacial score (nSPS) is 9.50. The fraction of sp³-hybridized carbons (Fsp3) is 0.222. The highest BCUT2D eigenvalue weighted by molar-refractivity contribution is 7.79. The van der Waals surface area contributed by atoms with Crippen LogP contribution in [0.25, 0.3) is 0 Å². The average molecular weight is 180 g/mol. The van der Waals surface area contributed by atoms with Gasteiger partial charge < -0.3 is 10.4 Å². The average Bonchev–Trinajstić information content (AvgIpc) is 2.01. The molecule has 2 nitrogen and oxygen atoms in total. The number of benzene rings is 1. The van der Waals surface area contributed by atoms with Crippen molar-refractivity contribution in [3.8, 4) is 5.75 Å². The predicted molar refractivity (Wildman–Crippen MR) is 53.8 cm³/mol. The second kappa shape index (κ2) is 3.54. The number of anilines is 1. The first-order valence-electron chi connectivity index (χ1n) is 3.58. The molecule has 1 radical (unpaired) electrons. The van der Waals surface area contributed by atoms with Crippen LogP contribution in [0.15, 0.2) is 12.1 Å². The molecule has 0 bridgehead atoms. The van der Waals surface area contributed by atoms with Gasteiger partial charge in [0.05, 0.1) is 0 Å². The van der Waals surface area contributed by atoms with Crippen LogP contribution in [0.1, 0.15) is 11.1 Å². The van der Waals surface area contributed by atoms with Crippen LogP contribution in [-0.2, 0) is 0 Å². The van der Waals surface area contributed by atoms with Crippen molar-refractivity contribution < 1.29 is 5.11 Å². The molecule has 1 rings (SSSR count). The maximum atomic E-state index is 9.32. The van der Waals surface area contributed by atoms with E-state index in [1.165, 1.54) is 0 Å². The van der Waals surface area contributed by atoms with E-state index in [0.29, 0.717) is 5.75 Å². The number of hydrogen-bond donors (Lipinski definition) is 2. The lowest BCUT2D eigenvalue weighted by molar-refractivity contribution is 0.471. The van der Waals surface area contributed by atoms with E-state index in [1.807, 2.05) is 19.9 Å². The topological polar surface area (TPSA) is 32.3 Å². The molecule has 63 valence electrons. The molecule has 12 heavy (non-hydrogen) atoms. The Morgan fingerprint density at radius 2 is 2.00 bits per heavy atom. The van der Waals surface area contributed by atoms with Crippen molar-refractivity contribution in [1.29, 1.82) is 0 Å². The van der Waals surface area contributed by atoms with Crippen LogP contribution < -0.4 is 5.32 Å². The summed E-state index contributed by atoms with van der Waals surface area (Å²) >= 11 is 4.55. The zero-order chi connectivity index (χ0) is 9.14. The van der Waals surface area contributed by atoms with Crippen molar-refractivity contribution in [2.45, 2.75) is 13.8 Å². The van der Waals surface area contributed by atoms with Gasteiger partial charge in [-0.15, -0.1) is 0 Å². The SMILES string of the molecule is Cc1cc(N[C]=S)c(C)cc1O. The third-order valence-corrected chi connectivity index (χ3v) is 1.83. The molecule has 0 aliphatic carbocycles. The van der Waals surface area contributed by atoms with Crippen molar-refractivity contribution in [1.82, 2.24) is 0 Å². The van der Waals surface area contributed by atoms with Crippen LogP contribution in [0.4, 0.5) is 5.69 Å². The van der Waals surface area contributed by atoms with Gasteiger partial charge in [-0.2, -0.15) is 0 Å². The van der Waals surface area contributed by atoms with Crippen molar-refractivity contribution in [2.75, 3.05) is 5.32 Å². The quantitative estimate of drug-likeness (QED) is 0.416. The minimum atomic E-state index is 0.308. The first kappa shape index (κ1) is 9.00. The lowest BCUT2D eigenvalue weighted by Gasteiger charge is -2.06. The van der Waals surface area contributed by atoms with Crippen molar-refractivity contribution in [3.05, 3.63) is 23.3 Å². The number of hydrogen-bond acceptors (Lipinski definition) is 2. The van der Waals surface area contributed by atoms with Crippen LogP contribution >= 0.6 is 12.2 Å². The summed E-state index contributed by atoms with van der Waals surface area (Å²) in [6.45, 7) is 3.73. The van der Waals surface area contributed by atoms with Gasteiger partial charge in [0.25, 0.3) is 0 Å². The molecule has 0 aromatic heterocycles. The lowest BCUT2D eigenvalue weighted by atomic mass is 10.1. The van der Waals surface area contributed by atoms with Gasteiger partial charge in [-0.05, 0) is 37.1 Å². The van der Waals surface area contributed by atoms with Crippen LogP contribution in [0.2, 0.25) is 0 Å². The number of aryl methyl sites for hydroxylation is 2. The van der Waals surface area contributed by atoms with Gasteiger partial charge in [-0.1, -0.05) is 12.2 Å². The van der Waals surface area contributed by atoms with Crippen LogP contribution in [0.5, 0.6) is 5.75 Å². The Balaban J connectivity index is 3.13. The predicted octanol–water partition coefficient (Wildman–Crippen LogP) is 2.26. The molecular weight excluding hydrogens is 170 g/mol. The first-order chi connectivity index (χ1) is 5.65. The lowest BCUT2D eigenvalue weighted by Crippen LogP contribution is -1.95. The largest absolute Gasteiger partial charge is 0.508 e. The third kappa shape index (κ3) is 1.74. The molecule has 3 heteroatoms. The summed E-state index contributed by atoms with van der Waals surface area (Å²) in [5.41, 5.74) is 5.09. The molecule has 0 atom stereocenters. The van der Waals surface area contributed by atoms with E-state index in [1.54, 1.807) is 6.07 Å². The molecule has 0 unspecified atom stereocenters. The van der Waals surface area contributed by atoms with Crippen molar-refractivity contribution in [3.63, 3.8) is 0 Å². The van der Waals surface area contributed by atoms with E-state index >= 15 is 0 Å². The Bertz CT molecular complexity index is 310. The molecule has 2 N–H and O–H groups in total. The maximum absolute atomic E-state index is 9.32. The second-order valence-corrected chi connectivity index (χ2v) is 2.88. The van der Waals surface area contributed by atoms with Gasteiger partial charge in [0.2, 0.25) is 0 Å². The summed E-state index contributed by atoms with van der Waals surface area (Å²) in [5.74, 6) is 0.308. The summed E-state index contributed by atoms with van der Waals surface area (Å²) in [6.07, 6.45) is 0. The van der Waals surface area contributed by atoms with Gasteiger partial charge in [0.1, 0.15) is 11.2 Å². The van der Waals surface area contributed by atoms with Gasteiger partial charge in [0.15, 0.2) is 0 Å². The molecule has 0 saturated carbocycles. The molecule has 0 saturated heterocycles. The highest BCUT2D eigenvalue weighted by Crippen LogP contribution is 2.24. The smallest absolute Gasteiger partial charge is 0.138 e. The molecule has 0 heterocycles. The number of nitrogens with one attached hydrogen (secondary N) is 1. The molecule has 0 spiro atoms. The van der Waals surface area contributed by atoms with E-state index < -0.39 is 0 Å². The summed E-state index contributed by atoms with van der Waals surface area (Å²) in [6, 6.07) is 3.54. The molecule has 0 amide bonds. The molecule has 0 aliphatic heterocycles. The number of aromatic hydroxyl groups is 1. The van der Waals surface area contributed by atoms with E-state index in [4.69, 9.17) is 0 Å². The fourth-order valence-electron chi connectivity index (χ4n) is 0.991. The monoisotopic (exact) mass is 180 g/mol. The van der Waals surface area contributed by atoms with E-state index in [0.717, 1.165) is 16.8 Å². The Labute approximate surface area is 77.2 Å². The minimum absolute atomic E-state index is 0.308. The highest BCUT2D eigenvalue weighted by atomic mass is 32.1. The Hall–Kier alpha value is -1.09. The van der Waals surface area contributed by atoms with E-state index in [9.17, 15) is 5.11 Å². The second-order valence-electron chi connectivity index (χ2n) is 2.68. The van der Waals surface area contributed by atoms with Crippen LogP contribution in [0.3, 0.4) is 0 Å². The molecular formula is C9H10NOS. The number of rotatable bonds is 2. The van der Waals surface area contributed by atoms with Gasteiger partial charge in [-0.3, -0.25) is 0 Å². The maximum Gasteiger partial charge on any atom is 0.138 e. The fourth-order valence-corrected chi connectivity index (χ4v) is 1.10. The summed E-state index contributed by atoms with van der Waals surface area (Å²) in [4.78, 5) is 0. The van der Waals surface area contributed by atoms with Crippen molar-refractivity contribution >= 4 is 23.4 Å². The number of phenolic OH excluding ortho intramolecular Hbond substituents is 1. The van der Waals surface area contributed by atoms with E-state index in [-0.39, 0.29) is 0 Å². The van der Waals surface area contributed by atoms with Gasteiger partial charge in [0, 0.05) is 5.69 Å². The zero-order valence-electron chi connectivity index (χ0n) is 7.01. The highest BCUT2D eigenvalue weighted by Gasteiger charge is 2.01. The van der Waals surface area contributed by atoms with Crippen LogP contribution in [-0.4, -0.2) is 10.6 Å². The number of phenols is 1. The van der Waals surface area contributed by atoms with Crippen molar-refractivity contribution in [2.24, 2.45) is 0 Å². The number of thiocarbonyl (C=S) groups is 1. The first-order valence-corrected chi connectivity index (χ1v) is 3.99.